The molecule has 0 aliphatic heterocycles. The van der Waals surface area contributed by atoms with Gasteiger partial charge in [0.05, 0.1) is 0 Å². The highest BCUT2D eigenvalue weighted by Gasteiger charge is 2.00. The average molecular weight is 243 g/mol. The minimum absolute atomic E-state index is 0.197. The van der Waals surface area contributed by atoms with Crippen molar-refractivity contribution < 1.29 is 4.79 Å². The highest BCUT2D eigenvalue weighted by molar-refractivity contribution is 5.89. The van der Waals surface area contributed by atoms with Gasteiger partial charge < -0.3 is 15.2 Å². The van der Waals surface area contributed by atoms with Gasteiger partial charge in [-0.05, 0) is 36.2 Å². The lowest BCUT2D eigenvalue weighted by Crippen LogP contribution is -2.24. The standard InChI is InChI=1S/C14H17N3O/c1-15-14(18)16-13-6-4-5-12(11-13)7-10-17-8-2-3-9-17/h2-6,8-9,11H,7,10H2,1H3,(H2,15,16,18). The van der Waals surface area contributed by atoms with Gasteiger partial charge in [-0.3, -0.25) is 0 Å². The zero-order valence-corrected chi connectivity index (χ0v) is 10.4. The quantitative estimate of drug-likeness (QED) is 0.851. The lowest BCUT2D eigenvalue weighted by atomic mass is 10.1. The number of carbonyl (C=O) groups excluding carboxylic acids is 1. The van der Waals surface area contributed by atoms with Gasteiger partial charge in [-0.15, -0.1) is 0 Å². The highest BCUT2D eigenvalue weighted by atomic mass is 16.2. The maximum Gasteiger partial charge on any atom is 0.318 e. The molecule has 1 heterocycles. The van der Waals surface area contributed by atoms with Crippen LogP contribution in [0.25, 0.3) is 0 Å². The fraction of sp³-hybridized carbons (Fsp3) is 0.214. The molecule has 2 aromatic rings. The molecule has 0 fully saturated rings. The molecule has 0 spiro atoms. The van der Waals surface area contributed by atoms with Crippen molar-refractivity contribution in [1.29, 1.82) is 0 Å². The third-order valence-electron chi connectivity index (χ3n) is 2.74. The number of urea groups is 1. The first-order valence-electron chi connectivity index (χ1n) is 5.96. The number of anilines is 1. The number of aromatic nitrogens is 1. The highest BCUT2D eigenvalue weighted by Crippen LogP contribution is 2.11. The third kappa shape index (κ3) is 3.38. The minimum atomic E-state index is -0.197. The summed E-state index contributed by atoms with van der Waals surface area (Å²) in [7, 11) is 1.60. The van der Waals surface area contributed by atoms with Crippen LogP contribution in [-0.4, -0.2) is 17.6 Å². The fourth-order valence-electron chi connectivity index (χ4n) is 1.78. The van der Waals surface area contributed by atoms with Crippen LogP contribution < -0.4 is 10.6 Å². The smallest absolute Gasteiger partial charge is 0.318 e. The van der Waals surface area contributed by atoms with Crippen molar-refractivity contribution in [3.63, 3.8) is 0 Å². The van der Waals surface area contributed by atoms with Crippen LogP contribution in [0.1, 0.15) is 5.56 Å². The van der Waals surface area contributed by atoms with Crippen LogP contribution in [0, 0.1) is 0 Å². The molecule has 1 aromatic carbocycles. The van der Waals surface area contributed by atoms with Crippen LogP contribution in [0.4, 0.5) is 10.5 Å². The Kier molecular flexibility index (Phi) is 4.02. The summed E-state index contributed by atoms with van der Waals surface area (Å²) in [6.07, 6.45) is 5.04. The van der Waals surface area contributed by atoms with Crippen molar-refractivity contribution >= 4 is 11.7 Å². The molecule has 0 unspecified atom stereocenters. The first-order chi connectivity index (χ1) is 8.78. The zero-order valence-electron chi connectivity index (χ0n) is 10.4. The molecular formula is C14H17N3O. The second-order valence-electron chi connectivity index (χ2n) is 4.08. The maximum atomic E-state index is 11.2. The van der Waals surface area contributed by atoms with Crippen LogP contribution in [0.5, 0.6) is 0 Å². The van der Waals surface area contributed by atoms with Crippen molar-refractivity contribution in [3.8, 4) is 0 Å². The average Bonchev–Trinajstić information content (AvgIpc) is 2.90. The number of benzene rings is 1. The summed E-state index contributed by atoms with van der Waals surface area (Å²) in [6, 6.07) is 11.7. The SMILES string of the molecule is CNC(=O)Nc1cccc(CCn2cccc2)c1. The summed E-state index contributed by atoms with van der Waals surface area (Å²) in [5.74, 6) is 0. The van der Waals surface area contributed by atoms with Crippen LogP contribution in [0.3, 0.4) is 0 Å². The van der Waals surface area contributed by atoms with Crippen LogP contribution in [0.2, 0.25) is 0 Å². The van der Waals surface area contributed by atoms with Gasteiger partial charge in [0.15, 0.2) is 0 Å². The van der Waals surface area contributed by atoms with Gasteiger partial charge in [0.1, 0.15) is 0 Å². The lowest BCUT2D eigenvalue weighted by Gasteiger charge is -2.07. The molecular weight excluding hydrogens is 226 g/mol. The Bertz CT molecular complexity index is 506. The Balaban J connectivity index is 1.96. The maximum absolute atomic E-state index is 11.2. The molecule has 2 amide bonds. The van der Waals surface area contributed by atoms with Crippen molar-refractivity contribution in [3.05, 3.63) is 54.4 Å². The summed E-state index contributed by atoms with van der Waals surface area (Å²) >= 11 is 0. The van der Waals surface area contributed by atoms with E-state index in [9.17, 15) is 4.79 Å². The van der Waals surface area contributed by atoms with Gasteiger partial charge in [0.25, 0.3) is 0 Å². The summed E-state index contributed by atoms with van der Waals surface area (Å²) in [5.41, 5.74) is 2.02. The Morgan fingerprint density at radius 2 is 2.00 bits per heavy atom. The normalized spacial score (nSPS) is 10.1. The summed E-state index contributed by atoms with van der Waals surface area (Å²) in [4.78, 5) is 11.2. The van der Waals surface area contributed by atoms with Crippen LogP contribution in [0.15, 0.2) is 48.8 Å². The molecule has 0 saturated carbocycles. The van der Waals surface area contributed by atoms with Crippen molar-refractivity contribution in [1.82, 2.24) is 9.88 Å². The molecule has 94 valence electrons. The summed E-state index contributed by atoms with van der Waals surface area (Å²) < 4.78 is 2.14. The van der Waals surface area contributed by atoms with Gasteiger partial charge in [0.2, 0.25) is 0 Å². The molecule has 2 N–H and O–H groups in total. The Labute approximate surface area is 107 Å². The second-order valence-corrected chi connectivity index (χ2v) is 4.08. The first kappa shape index (κ1) is 12.2. The van der Waals surface area contributed by atoms with Gasteiger partial charge in [-0.2, -0.15) is 0 Å². The van der Waals surface area contributed by atoms with E-state index in [0.717, 1.165) is 18.7 Å². The molecule has 1 aromatic heterocycles. The molecule has 2 rings (SSSR count). The molecule has 0 radical (unpaired) electrons. The van der Waals surface area contributed by atoms with Crippen molar-refractivity contribution in [2.45, 2.75) is 13.0 Å². The lowest BCUT2D eigenvalue weighted by molar-refractivity contribution is 0.254. The van der Waals surface area contributed by atoms with E-state index in [1.165, 1.54) is 5.56 Å². The van der Waals surface area contributed by atoms with E-state index in [1.807, 2.05) is 42.7 Å². The predicted octanol–water partition coefficient (Wildman–Crippen LogP) is 2.48. The molecule has 4 heteroatoms. The Hall–Kier alpha value is -2.23. The molecule has 0 aliphatic rings. The third-order valence-corrected chi connectivity index (χ3v) is 2.74. The zero-order chi connectivity index (χ0) is 12.8. The van der Waals surface area contributed by atoms with Gasteiger partial charge >= 0.3 is 6.03 Å². The molecule has 0 aliphatic carbocycles. The fourth-order valence-corrected chi connectivity index (χ4v) is 1.78. The van der Waals surface area contributed by atoms with Gasteiger partial charge in [0, 0.05) is 31.7 Å². The van der Waals surface area contributed by atoms with E-state index < -0.39 is 0 Å². The number of aryl methyl sites for hydroxylation is 2. The van der Waals surface area contributed by atoms with Crippen LogP contribution in [-0.2, 0) is 13.0 Å². The van der Waals surface area contributed by atoms with E-state index in [4.69, 9.17) is 0 Å². The second kappa shape index (κ2) is 5.91. The summed E-state index contributed by atoms with van der Waals surface area (Å²) in [6.45, 7) is 0.941. The van der Waals surface area contributed by atoms with E-state index >= 15 is 0 Å². The molecule has 0 bridgehead atoms. The number of amides is 2. The van der Waals surface area contributed by atoms with E-state index in [0.29, 0.717) is 0 Å². The number of hydrogen-bond acceptors (Lipinski definition) is 1. The Morgan fingerprint density at radius 1 is 1.22 bits per heavy atom. The van der Waals surface area contributed by atoms with Crippen molar-refractivity contribution in [2.24, 2.45) is 0 Å². The number of hydrogen-bond donors (Lipinski definition) is 2. The largest absolute Gasteiger partial charge is 0.354 e. The number of nitrogens with zero attached hydrogens (tertiary/aromatic N) is 1. The van der Waals surface area contributed by atoms with Crippen molar-refractivity contribution in [2.75, 3.05) is 12.4 Å². The molecule has 4 nitrogen and oxygen atoms in total. The molecule has 18 heavy (non-hydrogen) atoms. The number of nitrogens with one attached hydrogen (secondary N) is 2. The minimum Gasteiger partial charge on any atom is -0.354 e. The van der Waals surface area contributed by atoms with E-state index in [-0.39, 0.29) is 6.03 Å². The first-order valence-corrected chi connectivity index (χ1v) is 5.96. The number of rotatable bonds is 4. The van der Waals surface area contributed by atoms with Crippen LogP contribution >= 0.6 is 0 Å². The topological polar surface area (TPSA) is 46.1 Å². The molecule has 0 atom stereocenters. The predicted molar refractivity (Wildman–Crippen MR) is 72.7 cm³/mol. The summed E-state index contributed by atoms with van der Waals surface area (Å²) in [5, 5.41) is 5.30. The van der Waals surface area contributed by atoms with E-state index in [1.54, 1.807) is 7.05 Å². The van der Waals surface area contributed by atoms with Gasteiger partial charge in [-0.1, -0.05) is 12.1 Å². The number of carbonyl (C=O) groups is 1. The van der Waals surface area contributed by atoms with E-state index in [2.05, 4.69) is 21.3 Å². The molecule has 0 saturated heterocycles. The van der Waals surface area contributed by atoms with Gasteiger partial charge in [-0.25, -0.2) is 4.79 Å². The monoisotopic (exact) mass is 243 g/mol. The Morgan fingerprint density at radius 3 is 2.72 bits per heavy atom.